The standard InChI is InChI=1S/C32H37FIN4O4/c1-31(2,3)41-30(40)36-16-17-37(25(20-36)18-22-10-5-4-6-11-22)29(39)27-28(23-12-9-13-24(33)19-23)38(21-35-27)26-14-7-8-15-32(26)34-42-32/h4-6,9-13,19,21,25-26H,7-8,14-18,20H2,1-3H3/q-1/t25-,26?,32-/m1/s1. The number of halogens is 2. The number of amides is 2. The van der Waals surface area contributed by atoms with Crippen LogP contribution in [0.5, 0.6) is 0 Å². The second-order valence-electron chi connectivity index (χ2n) is 12.3. The van der Waals surface area contributed by atoms with E-state index in [2.05, 4.69) is 4.57 Å². The zero-order valence-corrected chi connectivity index (χ0v) is 26.4. The first kappa shape index (κ1) is 29.1. The number of benzene rings is 2. The second-order valence-corrected chi connectivity index (χ2v) is 15.0. The number of carbonyl (C=O) groups excluding carboxylic acids is 2. The predicted octanol–water partition coefficient (Wildman–Crippen LogP) is 2.84. The molecule has 0 bridgehead atoms. The maximum atomic E-state index is 14.5. The molecule has 1 saturated carbocycles. The molecular weight excluding hydrogens is 650 g/mol. The molecule has 1 aromatic heterocycles. The van der Waals surface area contributed by atoms with Crippen LogP contribution in [0.3, 0.4) is 0 Å². The van der Waals surface area contributed by atoms with E-state index < -0.39 is 5.60 Å². The molecule has 224 valence electrons. The molecule has 42 heavy (non-hydrogen) atoms. The third-order valence-electron chi connectivity index (χ3n) is 8.16. The monoisotopic (exact) mass is 687 g/mol. The van der Waals surface area contributed by atoms with Gasteiger partial charge in [0.05, 0.1) is 0 Å². The van der Waals surface area contributed by atoms with Crippen LogP contribution in [0.25, 0.3) is 11.3 Å². The number of imidazole rings is 1. The first-order chi connectivity index (χ1) is 20.1. The summed E-state index contributed by atoms with van der Waals surface area (Å²) in [6, 6.07) is 16.2. The molecule has 2 aliphatic heterocycles. The first-order valence-electron chi connectivity index (χ1n) is 14.6. The van der Waals surface area contributed by atoms with Crippen LogP contribution in [-0.4, -0.2) is 66.2 Å². The quantitative estimate of drug-likeness (QED) is 0.235. The van der Waals surface area contributed by atoms with Gasteiger partial charge in [-0.2, -0.15) is 0 Å². The number of nitrogens with zero attached hydrogens (tertiary/aromatic N) is 4. The SMILES string of the molecule is CC(C)(C)OC(=O)N1CCN(C(=O)c2ncn(C3CCCC[C@@]34O[I-]4)c2-c2cccc(F)c2)[C@H](Cc2ccccc2)C1. The third kappa shape index (κ3) is 6.06. The van der Waals surface area contributed by atoms with Crippen molar-refractivity contribution in [2.24, 2.45) is 0 Å². The summed E-state index contributed by atoms with van der Waals surface area (Å²) in [7, 11) is 0. The average Bonchev–Trinajstić information content (AvgIpc) is 3.58. The molecule has 3 fully saturated rings. The number of hydrogen-bond acceptors (Lipinski definition) is 5. The van der Waals surface area contributed by atoms with Gasteiger partial charge in [-0.25, -0.2) is 0 Å². The Balaban J connectivity index is 1.35. The molecule has 0 radical (unpaired) electrons. The molecule has 8 nitrogen and oxygen atoms in total. The van der Waals surface area contributed by atoms with Crippen molar-refractivity contribution >= 4 is 12.0 Å². The minimum atomic E-state index is -0.615. The Morgan fingerprint density at radius 3 is 2.62 bits per heavy atom. The van der Waals surface area contributed by atoms with E-state index in [-0.39, 0.29) is 55.1 Å². The van der Waals surface area contributed by atoms with Gasteiger partial charge in [-0.3, -0.25) is 0 Å². The van der Waals surface area contributed by atoms with Crippen molar-refractivity contribution in [1.82, 2.24) is 19.4 Å². The summed E-state index contributed by atoms with van der Waals surface area (Å²) in [5.74, 6) is -0.575. The molecule has 3 aromatic rings. The van der Waals surface area contributed by atoms with E-state index in [0.717, 1.165) is 31.2 Å². The molecule has 3 heterocycles. The Kier molecular flexibility index (Phi) is 8.03. The molecule has 2 saturated heterocycles. The van der Waals surface area contributed by atoms with Gasteiger partial charge >= 0.3 is 225 Å². The van der Waals surface area contributed by atoms with Gasteiger partial charge in [0, 0.05) is 0 Å². The van der Waals surface area contributed by atoms with Crippen LogP contribution in [0, 0.1) is 5.82 Å². The van der Waals surface area contributed by atoms with Crippen molar-refractivity contribution < 1.29 is 43.4 Å². The zero-order chi connectivity index (χ0) is 29.5. The summed E-state index contributed by atoms with van der Waals surface area (Å²) in [4.78, 5) is 35.7. The fourth-order valence-electron chi connectivity index (χ4n) is 6.15. The predicted molar refractivity (Wildman–Crippen MR) is 152 cm³/mol. The molecule has 1 aliphatic carbocycles. The summed E-state index contributed by atoms with van der Waals surface area (Å²) in [6.07, 6.45) is 6.11. The van der Waals surface area contributed by atoms with Crippen molar-refractivity contribution in [2.45, 2.75) is 74.2 Å². The Hall–Kier alpha value is -2.99. The summed E-state index contributed by atoms with van der Waals surface area (Å²) >= 11 is -0.368. The molecule has 1 spiro atoms. The summed E-state index contributed by atoms with van der Waals surface area (Å²) in [5.41, 5.74) is 2.03. The van der Waals surface area contributed by atoms with Crippen LogP contribution < -0.4 is 21.6 Å². The zero-order valence-electron chi connectivity index (χ0n) is 24.3. The van der Waals surface area contributed by atoms with Gasteiger partial charge in [-0.05, 0) is 20.8 Å². The number of ether oxygens (including phenoxy) is 1. The van der Waals surface area contributed by atoms with E-state index in [1.807, 2.05) is 62.1 Å². The average molecular weight is 688 g/mol. The van der Waals surface area contributed by atoms with Gasteiger partial charge in [0.15, 0.2) is 0 Å². The Labute approximate surface area is 257 Å². The van der Waals surface area contributed by atoms with Crippen LogP contribution in [0.1, 0.15) is 68.5 Å². The number of hydrogen-bond donors (Lipinski definition) is 0. The molecule has 2 amide bonds. The second kappa shape index (κ2) is 11.6. The molecule has 3 aliphatic rings. The minimum absolute atomic E-state index is 0.0792. The van der Waals surface area contributed by atoms with Gasteiger partial charge in [0.1, 0.15) is 5.60 Å². The molecule has 0 N–H and O–H groups in total. The number of aromatic nitrogens is 2. The van der Waals surface area contributed by atoms with E-state index in [1.165, 1.54) is 12.1 Å². The van der Waals surface area contributed by atoms with Crippen LogP contribution >= 0.6 is 0 Å². The molecule has 3 atom stereocenters. The fourth-order valence-corrected chi connectivity index (χ4v) is 8.45. The van der Waals surface area contributed by atoms with Gasteiger partial charge in [0.2, 0.25) is 0 Å². The number of alkyl halides is 1. The van der Waals surface area contributed by atoms with Gasteiger partial charge < -0.3 is 0 Å². The van der Waals surface area contributed by atoms with Crippen LogP contribution in [0.4, 0.5) is 9.18 Å². The van der Waals surface area contributed by atoms with Crippen molar-refractivity contribution in [2.75, 3.05) is 19.6 Å². The summed E-state index contributed by atoms with van der Waals surface area (Å²) in [6.45, 7) is 6.58. The molecule has 10 heteroatoms. The maximum absolute atomic E-state index is 14.5. The normalized spacial score (nSPS) is 24.3. The topological polar surface area (TPSA) is 80.2 Å². The van der Waals surface area contributed by atoms with Gasteiger partial charge in [-0.15, -0.1) is 0 Å². The van der Waals surface area contributed by atoms with Crippen LogP contribution in [-0.2, 0) is 14.2 Å². The van der Waals surface area contributed by atoms with Crippen molar-refractivity contribution in [1.29, 1.82) is 0 Å². The number of rotatable bonds is 5. The van der Waals surface area contributed by atoms with Crippen molar-refractivity contribution in [3.63, 3.8) is 0 Å². The summed E-state index contributed by atoms with van der Waals surface area (Å²) in [5, 5.41) is 0. The Morgan fingerprint density at radius 1 is 1.12 bits per heavy atom. The van der Waals surface area contributed by atoms with Gasteiger partial charge in [0.25, 0.3) is 0 Å². The summed E-state index contributed by atoms with van der Waals surface area (Å²) < 4.78 is 28.2. The fraction of sp³-hybridized carbons (Fsp3) is 0.469. The van der Waals surface area contributed by atoms with Crippen molar-refractivity contribution in [3.05, 3.63) is 78.0 Å². The molecule has 6 rings (SSSR count). The number of piperazine rings is 1. The van der Waals surface area contributed by atoms with Gasteiger partial charge in [-0.1, -0.05) is 6.07 Å². The van der Waals surface area contributed by atoms with E-state index >= 15 is 0 Å². The van der Waals surface area contributed by atoms with Crippen LogP contribution in [0.2, 0.25) is 0 Å². The van der Waals surface area contributed by atoms with E-state index in [4.69, 9.17) is 12.8 Å². The number of carbonyl (C=O) groups is 2. The van der Waals surface area contributed by atoms with E-state index in [1.54, 1.807) is 17.3 Å². The molecule has 1 unspecified atom stereocenters. The van der Waals surface area contributed by atoms with E-state index in [9.17, 15) is 14.0 Å². The Morgan fingerprint density at radius 2 is 1.90 bits per heavy atom. The first-order valence-corrected chi connectivity index (χ1v) is 16.6. The van der Waals surface area contributed by atoms with E-state index in [0.29, 0.717) is 43.0 Å². The van der Waals surface area contributed by atoms with Crippen molar-refractivity contribution in [3.8, 4) is 11.3 Å². The molecular formula is C32H37FIN4O4-. The Bertz CT molecular complexity index is 1450. The third-order valence-corrected chi connectivity index (χ3v) is 11.0. The molecule has 2 aromatic carbocycles. The van der Waals surface area contributed by atoms with Crippen LogP contribution in [0.15, 0.2) is 60.9 Å².